The molecule has 1 saturated carbocycles. The average Bonchev–Trinajstić information content (AvgIpc) is 3.45. The highest BCUT2D eigenvalue weighted by atomic mass is 32.2. The summed E-state index contributed by atoms with van der Waals surface area (Å²) >= 11 is -2.06. The predicted octanol–water partition coefficient (Wildman–Crippen LogP) is 7.48. The Morgan fingerprint density at radius 3 is 2.29 bits per heavy atom. The zero-order chi connectivity index (χ0) is 37.6. The molecular formula is C37H60N6O6S2. The van der Waals surface area contributed by atoms with Gasteiger partial charge in [-0.05, 0) is 67.6 Å². The Kier molecular flexibility index (Phi) is 13.6. The van der Waals surface area contributed by atoms with E-state index in [0.717, 1.165) is 49.8 Å². The van der Waals surface area contributed by atoms with Crippen LogP contribution in [-0.2, 0) is 41.1 Å². The molecule has 1 fully saturated rings. The van der Waals surface area contributed by atoms with Gasteiger partial charge in [-0.1, -0.05) is 99.5 Å². The van der Waals surface area contributed by atoms with E-state index in [2.05, 4.69) is 73.2 Å². The number of nitrogens with one attached hydrogen (secondary N) is 3. The van der Waals surface area contributed by atoms with Crippen LogP contribution in [0, 0.1) is 5.41 Å². The van der Waals surface area contributed by atoms with Gasteiger partial charge in [0, 0.05) is 17.2 Å². The van der Waals surface area contributed by atoms with E-state index in [1.807, 2.05) is 12.1 Å². The molecule has 3 N–H and O–H groups in total. The molecule has 14 heteroatoms. The summed E-state index contributed by atoms with van der Waals surface area (Å²) in [6.07, 6.45) is 10.7. The highest BCUT2D eigenvalue weighted by Gasteiger charge is 2.41. The minimum atomic E-state index is -4.25. The van der Waals surface area contributed by atoms with Crippen molar-refractivity contribution in [3.05, 3.63) is 41.3 Å². The topological polar surface area (TPSA) is 157 Å². The quantitative estimate of drug-likeness (QED) is 0.0947. The van der Waals surface area contributed by atoms with Crippen LogP contribution in [0.25, 0.3) is 5.65 Å². The van der Waals surface area contributed by atoms with Crippen LogP contribution >= 0.6 is 0 Å². The second-order valence-corrected chi connectivity index (χ2v) is 19.0. The zero-order valence-corrected chi connectivity index (χ0v) is 33.7. The number of amides is 1. The molecule has 1 aliphatic carbocycles. The van der Waals surface area contributed by atoms with E-state index >= 15 is 0 Å². The Morgan fingerprint density at radius 1 is 1.04 bits per heavy atom. The predicted molar refractivity (Wildman–Crippen MR) is 201 cm³/mol. The summed E-state index contributed by atoms with van der Waals surface area (Å²) in [5, 5.41) is 12.0. The lowest BCUT2D eigenvalue weighted by atomic mass is 9.72. The summed E-state index contributed by atoms with van der Waals surface area (Å²) in [5.74, 6) is -0.189. The minimum absolute atomic E-state index is 0.0217. The van der Waals surface area contributed by atoms with Crippen molar-refractivity contribution >= 4 is 32.8 Å². The Hall–Kier alpha value is -2.81. The number of sulfonamides is 1. The lowest BCUT2D eigenvalue weighted by Crippen LogP contribution is -2.40. The van der Waals surface area contributed by atoms with Gasteiger partial charge < -0.3 is 4.74 Å². The molecule has 0 radical (unpaired) electrons. The second kappa shape index (κ2) is 16.9. The monoisotopic (exact) mass is 748 g/mol. The average molecular weight is 749 g/mol. The molecule has 1 aromatic carbocycles. The van der Waals surface area contributed by atoms with Gasteiger partial charge in [0.2, 0.25) is 10.0 Å². The molecule has 0 aliphatic heterocycles. The van der Waals surface area contributed by atoms with Gasteiger partial charge in [0.15, 0.2) is 17.6 Å². The number of aromatic amines is 1. The van der Waals surface area contributed by atoms with Gasteiger partial charge in [0.05, 0.1) is 13.2 Å². The number of aromatic nitrogens is 4. The van der Waals surface area contributed by atoms with Crippen LogP contribution in [0.4, 0.5) is 0 Å². The first kappa shape index (κ1) is 41.0. The maximum atomic E-state index is 14.4. The van der Waals surface area contributed by atoms with Crippen molar-refractivity contribution in [3.63, 3.8) is 0 Å². The fourth-order valence-electron chi connectivity index (χ4n) is 6.91. The molecular weight excluding hydrogens is 689 g/mol. The summed E-state index contributed by atoms with van der Waals surface area (Å²) in [6, 6.07) is 6.34. The summed E-state index contributed by atoms with van der Waals surface area (Å²) in [6.45, 7) is 16.7. The number of benzene rings is 1. The first-order chi connectivity index (χ1) is 23.9. The molecule has 3 unspecified atom stereocenters. The number of rotatable bonds is 21. The van der Waals surface area contributed by atoms with Crippen LogP contribution < -0.4 is 14.2 Å². The molecule has 2 heterocycles. The molecule has 3 aromatic rings. The molecule has 0 saturated heterocycles. The maximum absolute atomic E-state index is 14.4. The molecule has 1 amide bonds. The number of carbonyl (C=O) groups is 1. The fraction of sp³-hybridized carbons (Fsp3) is 0.703. The Labute approximate surface area is 307 Å². The van der Waals surface area contributed by atoms with Crippen LogP contribution in [0.1, 0.15) is 156 Å². The standard InChI is InChI=1S/C37H60N6O6S2/c1-10-11-12-13-14-15-16-17-18-29(34(44)41-50(45)48-9)49-28-20-19-27(36(6,7)25-35(3,4)5)23-30(28)51(46,47)42-26(2)33-39-38-32-24-31(40-43(32)33)37(8)21-22-37/h19-20,23-24,26,29,40,42H,10-18,21-22,25H2,1-9H3,(H,41,44). The molecule has 286 valence electrons. The van der Waals surface area contributed by atoms with Crippen LogP contribution in [0.2, 0.25) is 0 Å². The number of hydrogen-bond donors (Lipinski definition) is 3. The normalized spacial score (nSPS) is 16.6. The van der Waals surface area contributed by atoms with E-state index in [0.29, 0.717) is 24.3 Å². The Morgan fingerprint density at radius 2 is 1.69 bits per heavy atom. The van der Waals surface area contributed by atoms with Crippen molar-refractivity contribution in [1.29, 1.82) is 0 Å². The van der Waals surface area contributed by atoms with Gasteiger partial charge in [-0.25, -0.2) is 26.6 Å². The van der Waals surface area contributed by atoms with Crippen molar-refractivity contribution in [2.75, 3.05) is 7.11 Å². The van der Waals surface area contributed by atoms with Crippen molar-refractivity contribution in [2.24, 2.45) is 5.41 Å². The highest BCUT2D eigenvalue weighted by Crippen LogP contribution is 2.47. The van der Waals surface area contributed by atoms with Gasteiger partial charge in [0.1, 0.15) is 10.6 Å². The number of nitrogens with zero attached hydrogens (tertiary/aromatic N) is 3. The van der Waals surface area contributed by atoms with Crippen LogP contribution in [-0.4, -0.2) is 51.6 Å². The van der Waals surface area contributed by atoms with Crippen LogP contribution in [0.3, 0.4) is 0 Å². The van der Waals surface area contributed by atoms with Gasteiger partial charge in [-0.2, -0.15) is 0 Å². The lowest BCUT2D eigenvalue weighted by molar-refractivity contribution is -0.126. The Balaban J connectivity index is 1.64. The molecule has 12 nitrogen and oxygen atoms in total. The molecule has 51 heavy (non-hydrogen) atoms. The number of fused-ring (bicyclic) bond motifs is 1. The SMILES string of the molecule is CCCCCCCCCCC(Oc1ccc(C(C)(C)CC(C)(C)C)cc1S(=O)(=O)NC(C)c1nnc2cc(C3(C)CC3)[nH]n12)C(=O)NS(=O)OC. The van der Waals surface area contributed by atoms with Crippen molar-refractivity contribution in [1.82, 2.24) is 29.3 Å². The van der Waals surface area contributed by atoms with Crippen molar-refractivity contribution in [3.8, 4) is 5.75 Å². The van der Waals surface area contributed by atoms with Gasteiger partial charge in [0.25, 0.3) is 17.2 Å². The van der Waals surface area contributed by atoms with Crippen LogP contribution in [0.15, 0.2) is 29.2 Å². The largest absolute Gasteiger partial charge is 0.479 e. The fourth-order valence-corrected chi connectivity index (χ4v) is 8.65. The third-order valence-electron chi connectivity index (χ3n) is 9.79. The smallest absolute Gasteiger partial charge is 0.274 e. The Bertz CT molecular complexity index is 1760. The van der Waals surface area contributed by atoms with Gasteiger partial charge in [-0.3, -0.25) is 14.1 Å². The van der Waals surface area contributed by atoms with E-state index in [1.165, 1.54) is 32.8 Å². The van der Waals surface area contributed by atoms with Crippen molar-refractivity contribution in [2.45, 2.75) is 160 Å². The summed E-state index contributed by atoms with van der Waals surface area (Å²) in [7, 11) is -3.02. The number of hydrogen-bond acceptors (Lipinski definition) is 8. The van der Waals surface area contributed by atoms with E-state index < -0.39 is 39.3 Å². The second-order valence-electron chi connectivity index (χ2n) is 16.3. The summed E-state index contributed by atoms with van der Waals surface area (Å²) < 4.78 is 58.9. The molecule has 0 spiro atoms. The third kappa shape index (κ3) is 11.1. The number of unbranched alkanes of at least 4 members (excludes halogenated alkanes) is 7. The van der Waals surface area contributed by atoms with E-state index in [4.69, 9.17) is 8.92 Å². The molecule has 3 atom stereocenters. The van der Waals surface area contributed by atoms with Crippen molar-refractivity contribution < 1.29 is 26.3 Å². The highest BCUT2D eigenvalue weighted by molar-refractivity contribution is 7.89. The van der Waals surface area contributed by atoms with Gasteiger partial charge >= 0.3 is 0 Å². The minimum Gasteiger partial charge on any atom is -0.479 e. The summed E-state index contributed by atoms with van der Waals surface area (Å²) in [4.78, 5) is 13.2. The molecule has 4 rings (SSSR count). The summed E-state index contributed by atoms with van der Waals surface area (Å²) in [5.41, 5.74) is 2.15. The zero-order valence-electron chi connectivity index (χ0n) is 32.1. The van der Waals surface area contributed by atoms with E-state index in [-0.39, 0.29) is 26.9 Å². The first-order valence-electron chi connectivity index (χ1n) is 18.4. The number of H-pyrrole nitrogens is 1. The molecule has 2 aromatic heterocycles. The van der Waals surface area contributed by atoms with Gasteiger partial charge in [-0.15, -0.1) is 10.2 Å². The lowest BCUT2D eigenvalue weighted by Gasteiger charge is -2.33. The van der Waals surface area contributed by atoms with E-state index in [1.54, 1.807) is 23.6 Å². The maximum Gasteiger partial charge on any atom is 0.274 e. The number of carbonyl (C=O) groups excluding carboxylic acids is 1. The van der Waals surface area contributed by atoms with Crippen LogP contribution in [0.5, 0.6) is 5.75 Å². The van der Waals surface area contributed by atoms with E-state index in [9.17, 15) is 17.4 Å². The third-order valence-corrected chi connectivity index (χ3v) is 12.0. The first-order valence-corrected chi connectivity index (χ1v) is 21.0. The number of ether oxygens (including phenoxy) is 1. The molecule has 0 bridgehead atoms. The molecule has 1 aliphatic rings.